The number of unbranched alkanes of at least 4 members (excludes halogenated alkanes) is 60. The van der Waals surface area contributed by atoms with E-state index < -0.39 is 97.5 Å². The summed E-state index contributed by atoms with van der Waals surface area (Å²) in [7, 11) is -9.94. The first-order valence-corrected chi connectivity index (χ1v) is 50.5. The molecule has 17 nitrogen and oxygen atoms in total. The number of phosphoric acid groups is 2. The second kappa shape index (κ2) is 83.1. The van der Waals surface area contributed by atoms with Crippen LogP contribution < -0.4 is 0 Å². The lowest BCUT2D eigenvalue weighted by Crippen LogP contribution is -2.30. The lowest BCUT2D eigenvalue weighted by atomic mass is 10.00. The van der Waals surface area contributed by atoms with Crippen molar-refractivity contribution in [2.24, 2.45) is 11.8 Å². The Balaban J connectivity index is 5.21. The van der Waals surface area contributed by atoms with Gasteiger partial charge in [0.05, 0.1) is 26.4 Å². The third-order valence-corrected chi connectivity index (χ3v) is 24.0. The smallest absolute Gasteiger partial charge is 0.462 e. The number of carbonyl (C=O) groups excluding carboxylic acids is 4. The van der Waals surface area contributed by atoms with Gasteiger partial charge in [-0.2, -0.15) is 0 Å². The first-order valence-electron chi connectivity index (χ1n) is 47.5. The van der Waals surface area contributed by atoms with Gasteiger partial charge in [0.2, 0.25) is 0 Å². The molecule has 0 saturated heterocycles. The molecule has 0 aliphatic heterocycles. The number of esters is 4. The Hall–Kier alpha value is -1.94. The van der Waals surface area contributed by atoms with Gasteiger partial charge < -0.3 is 33.8 Å². The first kappa shape index (κ1) is 109. The Bertz CT molecular complexity index is 2120. The van der Waals surface area contributed by atoms with E-state index in [4.69, 9.17) is 37.0 Å². The molecule has 3 N–H and O–H groups in total. The van der Waals surface area contributed by atoms with E-state index in [1.807, 2.05) is 0 Å². The molecule has 3 unspecified atom stereocenters. The van der Waals surface area contributed by atoms with Gasteiger partial charge in [-0.3, -0.25) is 37.3 Å². The maximum absolute atomic E-state index is 13.2. The summed E-state index contributed by atoms with van der Waals surface area (Å²) in [5.41, 5.74) is 0. The average Bonchev–Trinajstić information content (AvgIpc) is 0.902. The monoisotopic (exact) mass is 1620 g/mol. The van der Waals surface area contributed by atoms with Crippen LogP contribution in [0.1, 0.15) is 497 Å². The summed E-state index contributed by atoms with van der Waals surface area (Å²) in [5.74, 6) is -0.546. The van der Waals surface area contributed by atoms with Gasteiger partial charge in [0.1, 0.15) is 19.3 Å². The number of rotatable bonds is 91. The Morgan fingerprint density at radius 3 is 0.685 bits per heavy atom. The minimum Gasteiger partial charge on any atom is -0.462 e. The molecule has 19 heteroatoms. The van der Waals surface area contributed by atoms with Crippen LogP contribution in [0.4, 0.5) is 0 Å². The summed E-state index contributed by atoms with van der Waals surface area (Å²) in [5, 5.41) is 10.7. The molecule has 0 aromatic heterocycles. The van der Waals surface area contributed by atoms with E-state index in [9.17, 15) is 43.2 Å². The molecule has 0 spiro atoms. The maximum atomic E-state index is 13.2. The van der Waals surface area contributed by atoms with E-state index in [0.717, 1.165) is 108 Å². The van der Waals surface area contributed by atoms with Crippen LogP contribution >= 0.6 is 15.6 Å². The summed E-state index contributed by atoms with van der Waals surface area (Å²) in [6.07, 6.45) is 78.0. The van der Waals surface area contributed by atoms with Gasteiger partial charge in [-0.15, -0.1) is 0 Å². The van der Waals surface area contributed by atoms with Gasteiger partial charge in [-0.25, -0.2) is 9.13 Å². The molecular weight excluding hydrogens is 1440 g/mol. The normalized spacial score (nSPS) is 14.0. The molecule has 0 aliphatic carbocycles. The standard InChI is InChI=1S/C92H180O17P2/c1-7-10-12-14-16-18-20-22-24-26-28-29-31-35-39-43-47-51-55-62-68-74-89(94)102-80-87(108-91(96)76-70-64-57-53-49-45-41-37-33-32-34-38-42-46-50-54-60-66-72-84(4)5)82-106-110(98,99)104-78-86(93)79-105-111(100,101)107-83-88(81-103-90(95)75-69-63-59-58-61-67-73-85(6)9-3)109-92(97)77-71-65-56-52-48-44-40-36-30-27-25-23-21-19-17-15-13-11-8-2/h84-88,93H,7-83H2,1-6H3,(H,98,99)(H,100,101)/t85?,86-,87-,88-/m1/s1. The van der Waals surface area contributed by atoms with Crippen LogP contribution in [-0.2, 0) is 65.4 Å². The largest absolute Gasteiger partial charge is 0.472 e. The fourth-order valence-electron chi connectivity index (χ4n) is 14.4. The molecule has 0 aliphatic rings. The molecule has 0 aromatic carbocycles. The van der Waals surface area contributed by atoms with Gasteiger partial charge in [-0.05, 0) is 37.5 Å². The molecule has 0 bridgehead atoms. The number of ether oxygens (including phenoxy) is 4. The summed E-state index contributed by atoms with van der Waals surface area (Å²) >= 11 is 0. The lowest BCUT2D eigenvalue weighted by Gasteiger charge is -2.21. The molecule has 0 aromatic rings. The zero-order valence-electron chi connectivity index (χ0n) is 73.3. The molecule has 111 heavy (non-hydrogen) atoms. The fraction of sp³-hybridized carbons (Fsp3) is 0.957. The molecule has 0 fully saturated rings. The third-order valence-electron chi connectivity index (χ3n) is 22.1. The van der Waals surface area contributed by atoms with Crippen molar-refractivity contribution in [2.75, 3.05) is 39.6 Å². The van der Waals surface area contributed by atoms with Crippen molar-refractivity contribution >= 4 is 39.5 Å². The van der Waals surface area contributed by atoms with Gasteiger partial charge in [-0.1, -0.05) is 446 Å². The minimum absolute atomic E-state index is 0.108. The topological polar surface area (TPSA) is 237 Å². The molecule has 0 heterocycles. The zero-order chi connectivity index (χ0) is 81.3. The van der Waals surface area contributed by atoms with Crippen molar-refractivity contribution in [1.29, 1.82) is 0 Å². The SMILES string of the molecule is CCCCCCCCCCCCCCCCCCCCCCCC(=O)OC[C@H](COP(=O)(O)OC[C@@H](O)COP(=O)(O)OC[C@@H](COC(=O)CCCCCCCCC(C)CC)OC(=O)CCCCCCCCCCCCCCCCCCCCC)OC(=O)CCCCCCCCCCCCCCCCCCCCC(C)C. The van der Waals surface area contributed by atoms with Gasteiger partial charge in [0.15, 0.2) is 12.2 Å². The molecule has 6 atom stereocenters. The molecule has 0 amide bonds. The fourth-order valence-corrected chi connectivity index (χ4v) is 16.0. The number of hydrogen-bond acceptors (Lipinski definition) is 15. The predicted octanol–water partition coefficient (Wildman–Crippen LogP) is 28.6. The highest BCUT2D eigenvalue weighted by Gasteiger charge is 2.31. The van der Waals surface area contributed by atoms with Crippen molar-refractivity contribution in [3.8, 4) is 0 Å². The quantitative estimate of drug-likeness (QED) is 0.0222. The lowest BCUT2D eigenvalue weighted by molar-refractivity contribution is -0.161. The van der Waals surface area contributed by atoms with Crippen LogP contribution in [-0.4, -0.2) is 96.7 Å². The number of hydrogen-bond donors (Lipinski definition) is 3. The summed E-state index contributed by atoms with van der Waals surface area (Å²) in [6, 6.07) is 0. The van der Waals surface area contributed by atoms with Crippen molar-refractivity contribution in [1.82, 2.24) is 0 Å². The highest BCUT2D eigenvalue weighted by Crippen LogP contribution is 2.45. The van der Waals surface area contributed by atoms with Crippen molar-refractivity contribution in [3.05, 3.63) is 0 Å². The highest BCUT2D eigenvalue weighted by molar-refractivity contribution is 7.47. The van der Waals surface area contributed by atoms with Crippen LogP contribution in [0, 0.1) is 11.8 Å². The van der Waals surface area contributed by atoms with E-state index in [2.05, 4.69) is 41.5 Å². The maximum Gasteiger partial charge on any atom is 0.472 e. The van der Waals surface area contributed by atoms with E-state index in [1.165, 1.54) is 308 Å². The number of aliphatic hydroxyl groups excluding tert-OH is 1. The van der Waals surface area contributed by atoms with Gasteiger partial charge >= 0.3 is 39.5 Å². The summed E-state index contributed by atoms with van der Waals surface area (Å²) < 4.78 is 69.1. The van der Waals surface area contributed by atoms with Crippen molar-refractivity contribution in [3.63, 3.8) is 0 Å². The third kappa shape index (κ3) is 84.3. The second-order valence-corrected chi connectivity index (χ2v) is 36.7. The highest BCUT2D eigenvalue weighted by atomic mass is 31.2. The van der Waals surface area contributed by atoms with Crippen LogP contribution in [0.3, 0.4) is 0 Å². The Morgan fingerprint density at radius 1 is 0.261 bits per heavy atom. The van der Waals surface area contributed by atoms with E-state index in [1.54, 1.807) is 0 Å². The van der Waals surface area contributed by atoms with Crippen molar-refractivity contribution < 1.29 is 80.2 Å². The second-order valence-electron chi connectivity index (χ2n) is 33.8. The van der Waals surface area contributed by atoms with Crippen LogP contribution in [0.2, 0.25) is 0 Å². The predicted molar refractivity (Wildman–Crippen MR) is 460 cm³/mol. The first-order chi connectivity index (χ1) is 53.9. The van der Waals surface area contributed by atoms with E-state index >= 15 is 0 Å². The number of phosphoric ester groups is 2. The van der Waals surface area contributed by atoms with Crippen LogP contribution in [0.15, 0.2) is 0 Å². The Labute approximate surface area is 683 Å². The van der Waals surface area contributed by atoms with Gasteiger partial charge in [0, 0.05) is 25.7 Å². The minimum atomic E-state index is -4.97. The number of aliphatic hydroxyl groups is 1. The van der Waals surface area contributed by atoms with Crippen LogP contribution in [0.25, 0.3) is 0 Å². The molecule has 660 valence electrons. The van der Waals surface area contributed by atoms with E-state index in [0.29, 0.717) is 25.7 Å². The average molecular weight is 1620 g/mol. The Morgan fingerprint density at radius 2 is 0.459 bits per heavy atom. The summed E-state index contributed by atoms with van der Waals surface area (Å²) in [6.45, 7) is 9.70. The molecule has 0 rings (SSSR count). The Kier molecular flexibility index (Phi) is 81.7. The molecular formula is C92H180O17P2. The molecule has 0 radical (unpaired) electrons. The van der Waals surface area contributed by atoms with Gasteiger partial charge in [0.25, 0.3) is 0 Å². The van der Waals surface area contributed by atoms with Crippen LogP contribution in [0.5, 0.6) is 0 Å². The molecule has 0 saturated carbocycles. The summed E-state index contributed by atoms with van der Waals surface area (Å²) in [4.78, 5) is 73.4. The van der Waals surface area contributed by atoms with E-state index in [-0.39, 0.29) is 25.7 Å². The van der Waals surface area contributed by atoms with Crippen molar-refractivity contribution in [2.45, 2.75) is 516 Å². The number of carbonyl (C=O) groups is 4. The zero-order valence-corrected chi connectivity index (χ0v) is 75.1.